The van der Waals surface area contributed by atoms with E-state index in [-0.39, 0.29) is 0 Å². The molecule has 0 aliphatic heterocycles. The molecule has 0 aromatic rings. The molecule has 0 bridgehead atoms. The van der Waals surface area contributed by atoms with Gasteiger partial charge in [-0.2, -0.15) is 0 Å². The minimum Gasteiger partial charge on any atom is -0.0654 e. The van der Waals surface area contributed by atoms with Crippen molar-refractivity contribution >= 4 is 0 Å². The standard InChI is InChI=1S/C14H29/c1-4-6-7-8-9-10-11-12-13-14(3)5-2/h4-13H2,1-3H3. The third-order valence-corrected chi connectivity index (χ3v) is 3.06. The summed E-state index contributed by atoms with van der Waals surface area (Å²) in [5.41, 5.74) is 0. The molecule has 0 nitrogen and oxygen atoms in total. The molecule has 0 rings (SSSR count). The maximum Gasteiger partial charge on any atom is -0.0275 e. The largest absolute Gasteiger partial charge is 0.0654 e. The fraction of sp³-hybridized carbons (Fsp3) is 0.929. The molecule has 0 spiro atoms. The molecule has 0 atom stereocenters. The lowest BCUT2D eigenvalue weighted by atomic mass is 10.00. The van der Waals surface area contributed by atoms with Gasteiger partial charge in [0, 0.05) is 0 Å². The van der Waals surface area contributed by atoms with Crippen LogP contribution in [0.5, 0.6) is 0 Å². The van der Waals surface area contributed by atoms with E-state index in [0.717, 1.165) is 0 Å². The molecule has 0 aromatic carbocycles. The Balaban J connectivity index is 2.92. The molecule has 14 heavy (non-hydrogen) atoms. The molecule has 0 heteroatoms. The topological polar surface area (TPSA) is 0 Å². The van der Waals surface area contributed by atoms with Crippen molar-refractivity contribution in [1.29, 1.82) is 0 Å². The first-order chi connectivity index (χ1) is 6.81. The van der Waals surface area contributed by atoms with E-state index in [9.17, 15) is 0 Å². The van der Waals surface area contributed by atoms with Gasteiger partial charge < -0.3 is 0 Å². The zero-order valence-electron chi connectivity index (χ0n) is 10.6. The molecule has 85 valence electrons. The summed E-state index contributed by atoms with van der Waals surface area (Å²) in [5.74, 6) is 1.68. The Morgan fingerprint density at radius 3 is 1.71 bits per heavy atom. The van der Waals surface area contributed by atoms with Gasteiger partial charge in [-0.05, 0) is 12.3 Å². The van der Waals surface area contributed by atoms with Gasteiger partial charge in [0.15, 0.2) is 0 Å². The minimum atomic E-state index is 1.27. The summed E-state index contributed by atoms with van der Waals surface area (Å²) in [4.78, 5) is 0. The number of hydrogen-bond donors (Lipinski definition) is 0. The zero-order valence-corrected chi connectivity index (χ0v) is 10.6. The molecule has 0 amide bonds. The van der Waals surface area contributed by atoms with Gasteiger partial charge in [-0.3, -0.25) is 0 Å². The molecule has 0 heterocycles. The molecule has 0 saturated carbocycles. The summed E-state index contributed by atoms with van der Waals surface area (Å²) in [6.45, 7) is 6.84. The van der Waals surface area contributed by atoms with E-state index >= 15 is 0 Å². The van der Waals surface area contributed by atoms with Gasteiger partial charge in [0.05, 0.1) is 0 Å². The van der Waals surface area contributed by atoms with Crippen LogP contribution in [0.2, 0.25) is 0 Å². The monoisotopic (exact) mass is 197 g/mol. The van der Waals surface area contributed by atoms with E-state index in [4.69, 9.17) is 0 Å². The van der Waals surface area contributed by atoms with Crippen LogP contribution >= 0.6 is 0 Å². The van der Waals surface area contributed by atoms with Gasteiger partial charge in [0.2, 0.25) is 0 Å². The quantitative estimate of drug-likeness (QED) is 0.404. The first kappa shape index (κ1) is 14.0. The molecule has 0 unspecified atom stereocenters. The SMILES string of the molecule is CCCCCCCCCC[C](C)CC. The highest BCUT2D eigenvalue weighted by molar-refractivity contribution is 4.80. The highest BCUT2D eigenvalue weighted by Crippen LogP contribution is 2.16. The minimum absolute atomic E-state index is 1.27. The predicted octanol–water partition coefficient (Wildman–Crippen LogP) is 5.52. The van der Waals surface area contributed by atoms with Crippen molar-refractivity contribution in [2.24, 2.45) is 0 Å². The molecule has 0 fully saturated rings. The fourth-order valence-corrected chi connectivity index (χ4v) is 1.74. The normalized spacial score (nSPS) is 11.1. The van der Waals surface area contributed by atoms with E-state index < -0.39 is 0 Å². The zero-order chi connectivity index (χ0) is 10.6. The molecule has 0 aliphatic carbocycles. The van der Waals surface area contributed by atoms with Gasteiger partial charge in [0.25, 0.3) is 0 Å². The van der Waals surface area contributed by atoms with Crippen LogP contribution in [0.15, 0.2) is 0 Å². The smallest absolute Gasteiger partial charge is 0.0275 e. The second-order valence-electron chi connectivity index (χ2n) is 4.54. The van der Waals surface area contributed by atoms with Gasteiger partial charge in [-0.1, -0.05) is 78.6 Å². The van der Waals surface area contributed by atoms with Crippen molar-refractivity contribution in [2.75, 3.05) is 0 Å². The van der Waals surface area contributed by atoms with Crippen molar-refractivity contribution in [2.45, 2.75) is 85.0 Å². The van der Waals surface area contributed by atoms with Crippen LogP contribution in [-0.4, -0.2) is 0 Å². The van der Waals surface area contributed by atoms with Crippen molar-refractivity contribution in [1.82, 2.24) is 0 Å². The Bertz CT molecular complexity index is 96.2. The second-order valence-corrected chi connectivity index (χ2v) is 4.54. The Kier molecular flexibility index (Phi) is 11.1. The maximum atomic E-state index is 2.29. The average Bonchev–Trinajstić information content (AvgIpc) is 2.21. The predicted molar refractivity (Wildman–Crippen MR) is 66.4 cm³/mol. The summed E-state index contributed by atoms with van der Waals surface area (Å²) in [6, 6.07) is 0. The van der Waals surface area contributed by atoms with E-state index in [0.29, 0.717) is 0 Å². The van der Waals surface area contributed by atoms with Crippen molar-refractivity contribution in [3.63, 3.8) is 0 Å². The summed E-state index contributed by atoms with van der Waals surface area (Å²) in [6.07, 6.45) is 14.2. The number of hydrogen-bond acceptors (Lipinski definition) is 0. The molecular weight excluding hydrogens is 168 g/mol. The van der Waals surface area contributed by atoms with Crippen molar-refractivity contribution in [3.05, 3.63) is 5.92 Å². The summed E-state index contributed by atoms with van der Waals surface area (Å²) >= 11 is 0. The van der Waals surface area contributed by atoms with Gasteiger partial charge in [-0.15, -0.1) is 0 Å². The van der Waals surface area contributed by atoms with Crippen LogP contribution in [0.4, 0.5) is 0 Å². The highest BCUT2D eigenvalue weighted by Gasteiger charge is 1.98. The molecule has 0 N–H and O–H groups in total. The van der Waals surface area contributed by atoms with Crippen LogP contribution in [0.1, 0.15) is 85.0 Å². The summed E-state index contributed by atoms with van der Waals surface area (Å²) in [5, 5.41) is 0. The first-order valence-corrected chi connectivity index (χ1v) is 6.62. The Morgan fingerprint density at radius 2 is 1.21 bits per heavy atom. The lowest BCUT2D eigenvalue weighted by Crippen LogP contribution is -1.89. The second kappa shape index (κ2) is 11.1. The molecule has 1 radical (unpaired) electrons. The highest BCUT2D eigenvalue weighted by atomic mass is 14.0. The Hall–Kier alpha value is 0. The Morgan fingerprint density at radius 1 is 0.714 bits per heavy atom. The molecule has 0 aromatic heterocycles. The number of unbranched alkanes of at least 4 members (excludes halogenated alkanes) is 7. The van der Waals surface area contributed by atoms with E-state index in [1.165, 1.54) is 64.2 Å². The molecule has 0 aliphatic rings. The first-order valence-electron chi connectivity index (χ1n) is 6.62. The van der Waals surface area contributed by atoms with Crippen LogP contribution in [0.3, 0.4) is 0 Å². The van der Waals surface area contributed by atoms with E-state index in [2.05, 4.69) is 20.8 Å². The van der Waals surface area contributed by atoms with Gasteiger partial charge in [-0.25, -0.2) is 0 Å². The Labute approximate surface area is 91.5 Å². The average molecular weight is 197 g/mol. The third kappa shape index (κ3) is 10.1. The van der Waals surface area contributed by atoms with Crippen LogP contribution in [0, 0.1) is 5.92 Å². The molecule has 0 saturated heterocycles. The van der Waals surface area contributed by atoms with Crippen molar-refractivity contribution < 1.29 is 0 Å². The fourth-order valence-electron chi connectivity index (χ4n) is 1.74. The number of rotatable bonds is 10. The maximum absolute atomic E-state index is 2.29. The summed E-state index contributed by atoms with van der Waals surface area (Å²) in [7, 11) is 0. The van der Waals surface area contributed by atoms with Crippen LogP contribution in [-0.2, 0) is 0 Å². The van der Waals surface area contributed by atoms with Crippen molar-refractivity contribution in [3.8, 4) is 0 Å². The van der Waals surface area contributed by atoms with Crippen LogP contribution in [0.25, 0.3) is 0 Å². The van der Waals surface area contributed by atoms with E-state index in [1.54, 1.807) is 5.92 Å². The third-order valence-electron chi connectivity index (χ3n) is 3.06. The van der Waals surface area contributed by atoms with Crippen LogP contribution < -0.4 is 0 Å². The van der Waals surface area contributed by atoms with E-state index in [1.807, 2.05) is 0 Å². The van der Waals surface area contributed by atoms with Gasteiger partial charge >= 0.3 is 0 Å². The lowest BCUT2D eigenvalue weighted by molar-refractivity contribution is 0.563. The lowest BCUT2D eigenvalue weighted by Gasteiger charge is -2.06. The summed E-state index contributed by atoms with van der Waals surface area (Å²) < 4.78 is 0. The molecular formula is C14H29. The van der Waals surface area contributed by atoms with Gasteiger partial charge in [0.1, 0.15) is 0 Å².